The molecule has 8 heteroatoms. The fourth-order valence-electron chi connectivity index (χ4n) is 3.58. The lowest BCUT2D eigenvalue weighted by atomic mass is 10.1. The monoisotopic (exact) mass is 441 g/mol. The van der Waals surface area contributed by atoms with E-state index in [1.807, 2.05) is 31.2 Å². The van der Waals surface area contributed by atoms with Crippen molar-refractivity contribution in [3.05, 3.63) is 74.7 Å². The van der Waals surface area contributed by atoms with E-state index in [9.17, 15) is 4.79 Å². The molecule has 5 rings (SSSR count). The van der Waals surface area contributed by atoms with Crippen molar-refractivity contribution in [2.75, 3.05) is 0 Å². The molecule has 1 aliphatic carbocycles. The summed E-state index contributed by atoms with van der Waals surface area (Å²) in [6.45, 7) is 2.62. The highest BCUT2D eigenvalue weighted by molar-refractivity contribution is 7.98. The Kier molecular flexibility index (Phi) is 5.16. The average molecular weight is 442 g/mol. The van der Waals surface area contributed by atoms with Crippen molar-refractivity contribution >= 4 is 34.3 Å². The summed E-state index contributed by atoms with van der Waals surface area (Å²) in [4.78, 5) is 12.1. The number of fused-ring (bicyclic) bond motifs is 1. The first kappa shape index (κ1) is 19.5. The SMILES string of the molecule is CCc1cc2oc(=O)cc(CSc3nnc(C4CC4)n3Cc3ccco3)c2cc1Cl. The Bertz CT molecular complexity index is 1260. The molecule has 0 unspecified atom stereocenters. The van der Waals surface area contributed by atoms with Crippen molar-refractivity contribution in [3.8, 4) is 0 Å². The van der Waals surface area contributed by atoms with Gasteiger partial charge in [-0.3, -0.25) is 4.57 Å². The summed E-state index contributed by atoms with van der Waals surface area (Å²) in [5, 5.41) is 11.2. The van der Waals surface area contributed by atoms with Crippen molar-refractivity contribution in [2.24, 2.45) is 0 Å². The maximum atomic E-state index is 12.1. The third-order valence-electron chi connectivity index (χ3n) is 5.32. The molecule has 1 aliphatic rings. The third-order valence-corrected chi connectivity index (χ3v) is 6.68. The molecule has 0 bridgehead atoms. The van der Waals surface area contributed by atoms with Crippen LogP contribution in [0.5, 0.6) is 0 Å². The van der Waals surface area contributed by atoms with Gasteiger partial charge in [-0.15, -0.1) is 10.2 Å². The summed E-state index contributed by atoms with van der Waals surface area (Å²) in [7, 11) is 0. The molecule has 0 radical (unpaired) electrons. The van der Waals surface area contributed by atoms with Gasteiger partial charge in [-0.05, 0) is 54.7 Å². The minimum absolute atomic E-state index is 0.363. The normalized spacial score (nSPS) is 13.9. The molecule has 1 saturated carbocycles. The molecule has 4 aromatic rings. The molecule has 1 aromatic carbocycles. The topological polar surface area (TPSA) is 74.1 Å². The molecule has 0 atom stereocenters. The van der Waals surface area contributed by atoms with Gasteiger partial charge in [-0.2, -0.15) is 0 Å². The molecular formula is C22H20ClN3O3S. The number of nitrogens with zero attached hydrogens (tertiary/aromatic N) is 3. The lowest BCUT2D eigenvalue weighted by Gasteiger charge is -2.10. The Balaban J connectivity index is 1.47. The van der Waals surface area contributed by atoms with Gasteiger partial charge in [0, 0.05) is 28.1 Å². The number of aryl methyl sites for hydroxylation is 1. The number of thioether (sulfide) groups is 1. The van der Waals surface area contributed by atoms with Gasteiger partial charge in [-0.25, -0.2) is 4.79 Å². The van der Waals surface area contributed by atoms with E-state index in [4.69, 9.17) is 20.4 Å². The molecule has 6 nitrogen and oxygen atoms in total. The van der Waals surface area contributed by atoms with E-state index in [2.05, 4.69) is 14.8 Å². The highest BCUT2D eigenvalue weighted by atomic mass is 35.5. The van der Waals surface area contributed by atoms with Crippen LogP contribution in [0, 0.1) is 0 Å². The number of benzene rings is 1. The minimum atomic E-state index is -0.363. The van der Waals surface area contributed by atoms with Crippen LogP contribution in [0.2, 0.25) is 5.02 Å². The summed E-state index contributed by atoms with van der Waals surface area (Å²) in [6.07, 6.45) is 4.73. The minimum Gasteiger partial charge on any atom is -0.467 e. The van der Waals surface area contributed by atoms with E-state index < -0.39 is 0 Å². The van der Waals surface area contributed by atoms with Crippen LogP contribution in [0.15, 0.2) is 55.4 Å². The predicted octanol–water partition coefficient (Wildman–Crippen LogP) is 5.41. The Labute approximate surface area is 182 Å². The molecular weight excluding hydrogens is 422 g/mol. The van der Waals surface area contributed by atoms with Crippen LogP contribution in [0.4, 0.5) is 0 Å². The van der Waals surface area contributed by atoms with Crippen LogP contribution in [-0.2, 0) is 18.7 Å². The molecule has 0 aliphatic heterocycles. The van der Waals surface area contributed by atoms with E-state index in [0.29, 0.717) is 28.8 Å². The molecule has 1 fully saturated rings. The van der Waals surface area contributed by atoms with Crippen molar-refractivity contribution in [1.82, 2.24) is 14.8 Å². The van der Waals surface area contributed by atoms with Gasteiger partial charge < -0.3 is 8.83 Å². The van der Waals surface area contributed by atoms with Crippen molar-refractivity contribution in [1.29, 1.82) is 0 Å². The fourth-order valence-corrected chi connectivity index (χ4v) is 4.81. The Hall–Kier alpha value is -2.51. The van der Waals surface area contributed by atoms with Gasteiger partial charge in [-0.1, -0.05) is 30.3 Å². The van der Waals surface area contributed by atoms with Crippen molar-refractivity contribution in [2.45, 2.75) is 49.6 Å². The summed E-state index contributed by atoms with van der Waals surface area (Å²) >= 11 is 7.97. The van der Waals surface area contributed by atoms with Gasteiger partial charge in [0.15, 0.2) is 5.16 Å². The van der Waals surface area contributed by atoms with E-state index in [0.717, 1.165) is 52.5 Å². The van der Waals surface area contributed by atoms with E-state index in [1.54, 1.807) is 18.0 Å². The zero-order chi connectivity index (χ0) is 20.7. The van der Waals surface area contributed by atoms with Crippen molar-refractivity contribution < 1.29 is 8.83 Å². The summed E-state index contributed by atoms with van der Waals surface area (Å²) in [5.41, 5.74) is 2.04. The van der Waals surface area contributed by atoms with Crippen LogP contribution >= 0.6 is 23.4 Å². The van der Waals surface area contributed by atoms with Gasteiger partial charge >= 0.3 is 5.63 Å². The van der Waals surface area contributed by atoms with Crippen LogP contribution in [0.25, 0.3) is 11.0 Å². The number of hydrogen-bond donors (Lipinski definition) is 0. The molecule has 3 heterocycles. The lowest BCUT2D eigenvalue weighted by Crippen LogP contribution is -2.06. The fraction of sp³-hybridized carbons (Fsp3) is 0.318. The highest BCUT2D eigenvalue weighted by Crippen LogP contribution is 2.40. The zero-order valence-corrected chi connectivity index (χ0v) is 18.0. The van der Waals surface area contributed by atoms with Gasteiger partial charge in [0.25, 0.3) is 0 Å². The van der Waals surface area contributed by atoms with E-state index >= 15 is 0 Å². The first-order valence-corrected chi connectivity index (χ1v) is 11.3. The molecule has 3 aromatic heterocycles. The standard InChI is InChI=1S/C22H20ClN3O3S/c1-2-13-8-19-17(10-18(13)23)15(9-20(27)29-19)12-30-22-25-24-21(14-5-6-14)26(22)11-16-4-3-7-28-16/h3-4,7-10,14H,2,5-6,11-12H2,1H3. The molecule has 0 saturated heterocycles. The number of hydrogen-bond acceptors (Lipinski definition) is 6. The molecule has 30 heavy (non-hydrogen) atoms. The van der Waals surface area contributed by atoms with E-state index in [1.165, 1.54) is 6.07 Å². The van der Waals surface area contributed by atoms with Crippen LogP contribution < -0.4 is 5.63 Å². The van der Waals surface area contributed by atoms with E-state index in [-0.39, 0.29) is 5.63 Å². The molecule has 0 N–H and O–H groups in total. The second-order valence-electron chi connectivity index (χ2n) is 7.45. The largest absolute Gasteiger partial charge is 0.467 e. The maximum Gasteiger partial charge on any atom is 0.336 e. The Morgan fingerprint density at radius 3 is 2.83 bits per heavy atom. The predicted molar refractivity (Wildman–Crippen MR) is 116 cm³/mol. The molecule has 0 spiro atoms. The number of halogens is 1. The summed E-state index contributed by atoms with van der Waals surface area (Å²) in [5.74, 6) is 2.90. The highest BCUT2D eigenvalue weighted by Gasteiger charge is 2.30. The summed E-state index contributed by atoms with van der Waals surface area (Å²) < 4.78 is 13.1. The Morgan fingerprint density at radius 2 is 2.10 bits per heavy atom. The smallest absolute Gasteiger partial charge is 0.336 e. The zero-order valence-electron chi connectivity index (χ0n) is 16.4. The first-order valence-electron chi connectivity index (χ1n) is 9.95. The quantitative estimate of drug-likeness (QED) is 0.282. The average Bonchev–Trinajstić information content (AvgIpc) is 3.30. The summed E-state index contributed by atoms with van der Waals surface area (Å²) in [6, 6.07) is 9.11. The third kappa shape index (κ3) is 3.79. The van der Waals surface area contributed by atoms with Crippen LogP contribution in [-0.4, -0.2) is 14.8 Å². The molecule has 154 valence electrons. The van der Waals surface area contributed by atoms with Crippen molar-refractivity contribution in [3.63, 3.8) is 0 Å². The van der Waals surface area contributed by atoms with Gasteiger partial charge in [0.1, 0.15) is 17.2 Å². The van der Waals surface area contributed by atoms with Crippen LogP contribution in [0.3, 0.4) is 0 Å². The van der Waals surface area contributed by atoms with Crippen LogP contribution in [0.1, 0.15) is 48.4 Å². The number of aromatic nitrogens is 3. The first-order chi connectivity index (χ1) is 14.6. The number of rotatable bonds is 7. The lowest BCUT2D eigenvalue weighted by molar-refractivity contribution is 0.478. The van der Waals surface area contributed by atoms with Gasteiger partial charge in [0.2, 0.25) is 0 Å². The second kappa shape index (κ2) is 7.96. The Morgan fingerprint density at radius 1 is 1.23 bits per heavy atom. The molecule has 0 amide bonds. The number of furan rings is 1. The van der Waals surface area contributed by atoms with Gasteiger partial charge in [0.05, 0.1) is 12.8 Å². The maximum absolute atomic E-state index is 12.1. The second-order valence-corrected chi connectivity index (χ2v) is 8.80.